The lowest BCUT2D eigenvalue weighted by atomic mass is 9.90. The van der Waals surface area contributed by atoms with E-state index in [0.29, 0.717) is 0 Å². The van der Waals surface area contributed by atoms with Crippen LogP contribution in [0.5, 0.6) is 5.75 Å². The predicted octanol–water partition coefficient (Wildman–Crippen LogP) is 2.68. The van der Waals surface area contributed by atoms with Crippen LogP contribution in [-0.4, -0.2) is 25.2 Å². The molecule has 0 saturated carbocycles. The quantitative estimate of drug-likeness (QED) is 0.830. The molecule has 2 unspecified atom stereocenters. The highest BCUT2D eigenvalue weighted by Gasteiger charge is 2.21. The minimum atomic E-state index is -0.769. The number of methoxy groups -OCH3 is 1. The summed E-state index contributed by atoms with van der Waals surface area (Å²) in [7, 11) is 3.52. The number of hydrogen-bond acceptors (Lipinski definition) is 3. The summed E-state index contributed by atoms with van der Waals surface area (Å²) in [6.07, 6.45) is 0.148. The average Bonchev–Trinajstić information content (AvgIpc) is 2.28. The van der Waals surface area contributed by atoms with Crippen molar-refractivity contribution in [2.24, 2.45) is 5.92 Å². The Hall–Kier alpha value is -1.55. The van der Waals surface area contributed by atoms with Crippen molar-refractivity contribution < 1.29 is 14.6 Å². The van der Waals surface area contributed by atoms with Crippen molar-refractivity contribution >= 4 is 5.97 Å². The second-order valence-electron chi connectivity index (χ2n) is 5.03. The molecule has 1 rings (SSSR count). The number of hydrogen-bond donors (Lipinski definition) is 2. The lowest BCUT2D eigenvalue weighted by Crippen LogP contribution is -2.25. The summed E-state index contributed by atoms with van der Waals surface area (Å²) in [5.74, 6) is 0.147. The van der Waals surface area contributed by atoms with Gasteiger partial charge in [0, 0.05) is 12.5 Å². The van der Waals surface area contributed by atoms with E-state index >= 15 is 0 Å². The monoisotopic (exact) mass is 265 g/mol. The van der Waals surface area contributed by atoms with Crippen molar-refractivity contribution in [1.29, 1.82) is 0 Å². The Labute approximate surface area is 114 Å². The van der Waals surface area contributed by atoms with E-state index in [0.717, 1.165) is 22.4 Å². The molecule has 0 aliphatic heterocycles. The number of aryl methyl sites for hydroxylation is 2. The molecule has 2 N–H and O–H groups in total. The number of ether oxygens (including phenoxy) is 1. The van der Waals surface area contributed by atoms with Gasteiger partial charge in [-0.2, -0.15) is 0 Å². The molecule has 0 fully saturated rings. The zero-order valence-electron chi connectivity index (χ0n) is 12.3. The van der Waals surface area contributed by atoms with Gasteiger partial charge in [-0.1, -0.05) is 19.1 Å². The molecule has 0 aromatic heterocycles. The number of benzene rings is 1. The maximum atomic E-state index is 10.8. The van der Waals surface area contributed by atoms with Crippen molar-refractivity contribution in [3.05, 3.63) is 28.8 Å². The largest absolute Gasteiger partial charge is 0.496 e. The van der Waals surface area contributed by atoms with Crippen LogP contribution >= 0.6 is 0 Å². The van der Waals surface area contributed by atoms with Crippen LogP contribution in [0.25, 0.3) is 0 Å². The van der Waals surface area contributed by atoms with E-state index in [4.69, 9.17) is 9.84 Å². The zero-order valence-corrected chi connectivity index (χ0v) is 12.3. The van der Waals surface area contributed by atoms with Gasteiger partial charge in [0.05, 0.1) is 7.11 Å². The van der Waals surface area contributed by atoms with Crippen molar-refractivity contribution in [3.63, 3.8) is 0 Å². The molecule has 0 heterocycles. The minimum absolute atomic E-state index is 0.0229. The van der Waals surface area contributed by atoms with E-state index in [1.54, 1.807) is 7.11 Å². The molecule has 106 valence electrons. The van der Waals surface area contributed by atoms with E-state index in [1.165, 1.54) is 0 Å². The Bertz CT molecular complexity index is 434. The molecule has 0 radical (unpaired) electrons. The zero-order chi connectivity index (χ0) is 14.6. The molecule has 0 aliphatic rings. The fraction of sp³-hybridized carbons (Fsp3) is 0.533. The lowest BCUT2D eigenvalue weighted by molar-refractivity contribution is -0.138. The number of rotatable bonds is 6. The smallest absolute Gasteiger partial charge is 0.303 e. The van der Waals surface area contributed by atoms with Gasteiger partial charge in [-0.05, 0) is 43.5 Å². The summed E-state index contributed by atoms with van der Waals surface area (Å²) in [5, 5.41) is 12.1. The van der Waals surface area contributed by atoms with Gasteiger partial charge in [-0.3, -0.25) is 4.79 Å². The van der Waals surface area contributed by atoms with E-state index in [9.17, 15) is 4.79 Å². The second kappa shape index (κ2) is 6.57. The number of carbonyl (C=O) groups is 1. The summed E-state index contributed by atoms with van der Waals surface area (Å²) in [6.45, 7) is 5.96. The summed E-state index contributed by atoms with van der Waals surface area (Å²) >= 11 is 0. The summed E-state index contributed by atoms with van der Waals surface area (Å²) < 4.78 is 5.35. The highest BCUT2D eigenvalue weighted by Crippen LogP contribution is 2.31. The van der Waals surface area contributed by atoms with E-state index in [-0.39, 0.29) is 18.4 Å². The topological polar surface area (TPSA) is 58.6 Å². The Morgan fingerprint density at radius 3 is 2.26 bits per heavy atom. The van der Waals surface area contributed by atoms with Crippen LogP contribution in [0.3, 0.4) is 0 Å². The Balaban J connectivity index is 3.08. The van der Waals surface area contributed by atoms with E-state index < -0.39 is 5.97 Å². The van der Waals surface area contributed by atoms with Gasteiger partial charge in [0.1, 0.15) is 5.75 Å². The summed E-state index contributed by atoms with van der Waals surface area (Å²) in [6, 6.07) is 4.15. The van der Waals surface area contributed by atoms with Gasteiger partial charge in [0.25, 0.3) is 0 Å². The Morgan fingerprint density at radius 1 is 1.37 bits per heavy atom. The molecule has 0 saturated heterocycles. The number of carboxylic acid groups (broad SMARTS) is 1. The number of carboxylic acids is 1. The molecule has 0 amide bonds. The van der Waals surface area contributed by atoms with Crippen LogP contribution < -0.4 is 10.1 Å². The fourth-order valence-corrected chi connectivity index (χ4v) is 2.66. The first-order valence-electron chi connectivity index (χ1n) is 6.44. The lowest BCUT2D eigenvalue weighted by Gasteiger charge is -2.24. The third-order valence-electron chi connectivity index (χ3n) is 3.42. The third kappa shape index (κ3) is 3.70. The molecular formula is C15H23NO3. The first kappa shape index (κ1) is 15.5. The first-order valence-corrected chi connectivity index (χ1v) is 6.44. The van der Waals surface area contributed by atoms with E-state index in [1.807, 2.05) is 27.8 Å². The third-order valence-corrected chi connectivity index (χ3v) is 3.42. The van der Waals surface area contributed by atoms with Gasteiger partial charge in [-0.15, -0.1) is 0 Å². The van der Waals surface area contributed by atoms with Crippen molar-refractivity contribution in [1.82, 2.24) is 5.32 Å². The van der Waals surface area contributed by atoms with Crippen LogP contribution in [0.1, 0.15) is 36.1 Å². The molecule has 1 aromatic carbocycles. The van der Waals surface area contributed by atoms with Gasteiger partial charge in [0.2, 0.25) is 0 Å². The van der Waals surface area contributed by atoms with Crippen molar-refractivity contribution in [3.8, 4) is 5.75 Å². The standard InChI is InChI=1S/C15H23NO3/c1-9(8-13(17)18)14(16-4)12-6-10(2)15(19-5)11(3)7-12/h6-7,9,14,16H,8H2,1-5H3,(H,17,18). The van der Waals surface area contributed by atoms with Gasteiger partial charge >= 0.3 is 5.97 Å². The minimum Gasteiger partial charge on any atom is -0.496 e. The molecule has 4 heteroatoms. The highest BCUT2D eigenvalue weighted by atomic mass is 16.5. The second-order valence-corrected chi connectivity index (χ2v) is 5.03. The molecule has 1 aromatic rings. The molecule has 0 spiro atoms. The molecule has 0 aliphatic carbocycles. The Morgan fingerprint density at radius 2 is 1.89 bits per heavy atom. The van der Waals surface area contributed by atoms with Gasteiger partial charge in [-0.25, -0.2) is 0 Å². The van der Waals surface area contributed by atoms with Crippen LogP contribution in [0.15, 0.2) is 12.1 Å². The average molecular weight is 265 g/mol. The van der Waals surface area contributed by atoms with Crippen molar-refractivity contribution in [2.45, 2.75) is 33.2 Å². The van der Waals surface area contributed by atoms with Crippen LogP contribution in [0, 0.1) is 19.8 Å². The van der Waals surface area contributed by atoms with Gasteiger partial charge < -0.3 is 15.2 Å². The molecule has 0 bridgehead atoms. The Kier molecular flexibility index (Phi) is 5.36. The first-order chi connectivity index (χ1) is 8.90. The highest BCUT2D eigenvalue weighted by molar-refractivity contribution is 5.67. The fourth-order valence-electron chi connectivity index (χ4n) is 2.66. The maximum absolute atomic E-state index is 10.8. The normalized spacial score (nSPS) is 13.9. The molecular weight excluding hydrogens is 242 g/mol. The van der Waals surface area contributed by atoms with E-state index in [2.05, 4.69) is 17.4 Å². The summed E-state index contributed by atoms with van der Waals surface area (Å²) in [4.78, 5) is 10.8. The number of nitrogens with one attached hydrogen (secondary N) is 1. The van der Waals surface area contributed by atoms with Crippen LogP contribution in [0.2, 0.25) is 0 Å². The number of aliphatic carboxylic acids is 1. The molecule has 19 heavy (non-hydrogen) atoms. The maximum Gasteiger partial charge on any atom is 0.303 e. The van der Waals surface area contributed by atoms with Gasteiger partial charge in [0.15, 0.2) is 0 Å². The summed E-state index contributed by atoms with van der Waals surface area (Å²) in [5.41, 5.74) is 3.24. The van der Waals surface area contributed by atoms with Crippen molar-refractivity contribution in [2.75, 3.05) is 14.2 Å². The molecule has 2 atom stereocenters. The SMILES string of the molecule is CNC(c1cc(C)c(OC)c(C)c1)C(C)CC(=O)O. The molecule has 4 nitrogen and oxygen atoms in total. The predicted molar refractivity (Wildman–Crippen MR) is 75.7 cm³/mol. The van der Waals surface area contributed by atoms with Crippen LogP contribution in [0.4, 0.5) is 0 Å². The van der Waals surface area contributed by atoms with Crippen LogP contribution in [-0.2, 0) is 4.79 Å².